The van der Waals surface area contributed by atoms with Crippen LogP contribution in [0.1, 0.15) is 45.1 Å². The number of ether oxygens (including phenoxy) is 2. The lowest BCUT2D eigenvalue weighted by Crippen LogP contribution is -2.60. The van der Waals surface area contributed by atoms with Crippen LogP contribution < -0.4 is 9.64 Å². The van der Waals surface area contributed by atoms with E-state index in [9.17, 15) is 37.3 Å². The van der Waals surface area contributed by atoms with Crippen molar-refractivity contribution in [1.29, 1.82) is 0 Å². The summed E-state index contributed by atoms with van der Waals surface area (Å²) >= 11 is 0. The Labute approximate surface area is 239 Å². The average Bonchev–Trinajstić information content (AvgIpc) is 3.72. The van der Waals surface area contributed by atoms with Gasteiger partial charge >= 0.3 is 18.2 Å². The fourth-order valence-corrected chi connectivity index (χ4v) is 4.95. The summed E-state index contributed by atoms with van der Waals surface area (Å²) in [7, 11) is 0.975. The lowest BCUT2D eigenvalue weighted by molar-refractivity contribution is -0.384. The number of amides is 2. The highest BCUT2D eigenvalue weighted by Gasteiger charge is 2.44. The van der Waals surface area contributed by atoms with Crippen LogP contribution in [0.5, 0.6) is 11.5 Å². The number of carbonyl (C=O) groups is 2. The predicted molar refractivity (Wildman–Crippen MR) is 144 cm³/mol. The molecule has 2 fully saturated rings. The summed E-state index contributed by atoms with van der Waals surface area (Å²) in [5.74, 6) is -2.69. The average molecular weight is 597 g/mol. The van der Waals surface area contributed by atoms with Crippen molar-refractivity contribution >= 4 is 23.4 Å². The van der Waals surface area contributed by atoms with Crippen LogP contribution >= 0.6 is 0 Å². The molecule has 1 saturated carbocycles. The second-order valence-corrected chi connectivity index (χ2v) is 11.4. The van der Waals surface area contributed by atoms with Crippen molar-refractivity contribution in [3.63, 3.8) is 0 Å². The molecule has 0 radical (unpaired) electrons. The van der Waals surface area contributed by atoms with Crippen LogP contribution in [0.4, 0.5) is 33.7 Å². The number of hydrogen-bond acceptors (Lipinski definition) is 7. The third-order valence-corrected chi connectivity index (χ3v) is 6.90. The number of piperazine rings is 1. The van der Waals surface area contributed by atoms with Gasteiger partial charge in [0.1, 0.15) is 17.0 Å². The Morgan fingerprint density at radius 2 is 1.74 bits per heavy atom. The second-order valence-electron chi connectivity index (χ2n) is 11.4. The fraction of sp³-hybridized carbons (Fsp3) is 0.500. The summed E-state index contributed by atoms with van der Waals surface area (Å²) < 4.78 is 65.4. The molecule has 0 N–H and O–H groups in total. The highest BCUT2D eigenvalue weighted by Crippen LogP contribution is 2.53. The lowest BCUT2D eigenvalue weighted by atomic mass is 10.0. The van der Waals surface area contributed by atoms with Crippen molar-refractivity contribution in [1.82, 2.24) is 9.80 Å². The van der Waals surface area contributed by atoms with Gasteiger partial charge in [0, 0.05) is 44.9 Å². The van der Waals surface area contributed by atoms with Crippen LogP contribution in [-0.2, 0) is 9.53 Å². The quantitative estimate of drug-likeness (QED) is 0.224. The molecule has 2 aliphatic rings. The normalized spacial score (nSPS) is 17.6. The van der Waals surface area contributed by atoms with Crippen molar-refractivity contribution < 1.29 is 41.5 Å². The van der Waals surface area contributed by atoms with Crippen LogP contribution in [0.15, 0.2) is 36.4 Å². The van der Waals surface area contributed by atoms with Gasteiger partial charge < -0.3 is 19.3 Å². The molecule has 4 rings (SSSR count). The highest BCUT2D eigenvalue weighted by atomic mass is 19.4. The highest BCUT2D eigenvalue weighted by molar-refractivity contribution is 5.82. The number of rotatable bonds is 7. The molecule has 1 saturated heterocycles. The van der Waals surface area contributed by atoms with E-state index in [1.54, 1.807) is 31.7 Å². The molecule has 1 heterocycles. The van der Waals surface area contributed by atoms with E-state index in [-0.39, 0.29) is 48.4 Å². The first-order chi connectivity index (χ1) is 19.6. The minimum atomic E-state index is -5.13. The zero-order valence-electron chi connectivity index (χ0n) is 23.6. The molecule has 2 amide bonds. The van der Waals surface area contributed by atoms with Crippen LogP contribution in [0.2, 0.25) is 0 Å². The summed E-state index contributed by atoms with van der Waals surface area (Å²) in [6.07, 6.45) is -4.51. The number of nitrogens with zero attached hydrogens (tertiary/aromatic N) is 4. The van der Waals surface area contributed by atoms with Gasteiger partial charge in [0.25, 0.3) is 5.69 Å². The number of hydrogen-bond donors (Lipinski definition) is 0. The Hall–Kier alpha value is -4.10. The Morgan fingerprint density at radius 3 is 2.31 bits per heavy atom. The maximum atomic E-state index is 14.4. The van der Waals surface area contributed by atoms with Crippen molar-refractivity contribution in [3.8, 4) is 11.5 Å². The molecule has 0 spiro atoms. The monoisotopic (exact) mass is 596 g/mol. The largest absolute Gasteiger partial charge is 0.471 e. The van der Waals surface area contributed by atoms with E-state index in [1.165, 1.54) is 35.2 Å². The van der Waals surface area contributed by atoms with Gasteiger partial charge in [-0.15, -0.1) is 0 Å². The topological polar surface area (TPSA) is 105 Å². The summed E-state index contributed by atoms with van der Waals surface area (Å²) in [4.78, 5) is 40.0. The third kappa shape index (κ3) is 7.02. The Morgan fingerprint density at radius 1 is 1.07 bits per heavy atom. The molecule has 2 aromatic carbocycles. The van der Waals surface area contributed by atoms with E-state index in [0.29, 0.717) is 23.3 Å². The molecule has 0 aromatic heterocycles. The molecule has 0 unspecified atom stereocenters. The third-order valence-electron chi connectivity index (χ3n) is 6.90. The van der Waals surface area contributed by atoms with Gasteiger partial charge in [-0.05, 0) is 57.7 Å². The van der Waals surface area contributed by atoms with Gasteiger partial charge in [-0.25, -0.2) is 9.18 Å². The zero-order chi connectivity index (χ0) is 31.0. The van der Waals surface area contributed by atoms with Crippen LogP contribution in [0, 0.1) is 15.9 Å². The van der Waals surface area contributed by atoms with E-state index < -0.39 is 47.1 Å². The Bertz CT molecular complexity index is 1360. The van der Waals surface area contributed by atoms with Crippen LogP contribution in [0.3, 0.4) is 0 Å². The second kappa shape index (κ2) is 11.6. The number of benzene rings is 2. The molecule has 1 atom stereocenters. The van der Waals surface area contributed by atoms with Gasteiger partial charge in [0.15, 0.2) is 11.6 Å². The SMILES string of the molecule is CN(C[C@H]1CN(c2c([N+](=O)[O-])ccc(Oc3ccccc3F)c2C2CC2)CCN1C(=O)OC(C)(C)C)C(=O)C(F)(F)F. The zero-order valence-corrected chi connectivity index (χ0v) is 23.6. The van der Waals surface area contributed by atoms with Gasteiger partial charge in [0.05, 0.1) is 11.0 Å². The molecule has 228 valence electrons. The van der Waals surface area contributed by atoms with Crippen molar-refractivity contribution in [2.75, 3.05) is 38.1 Å². The van der Waals surface area contributed by atoms with E-state index in [4.69, 9.17) is 9.47 Å². The van der Waals surface area contributed by atoms with Crippen molar-refractivity contribution in [2.24, 2.45) is 0 Å². The van der Waals surface area contributed by atoms with Gasteiger partial charge in [0.2, 0.25) is 0 Å². The number of halogens is 4. The van der Waals surface area contributed by atoms with Crippen LogP contribution in [-0.4, -0.2) is 77.8 Å². The number of likely N-dealkylation sites (N-methyl/N-ethyl adjacent to an activating group) is 1. The summed E-state index contributed by atoms with van der Waals surface area (Å²) in [5, 5.41) is 12.2. The van der Waals surface area contributed by atoms with E-state index in [0.717, 1.165) is 7.05 Å². The molecule has 2 aromatic rings. The van der Waals surface area contributed by atoms with Crippen molar-refractivity contribution in [3.05, 3.63) is 57.9 Å². The number of nitro groups is 1. The smallest absolute Gasteiger partial charge is 0.454 e. The molecule has 1 aliphatic heterocycles. The molecule has 10 nitrogen and oxygen atoms in total. The molecule has 14 heteroatoms. The summed E-state index contributed by atoms with van der Waals surface area (Å²) in [6.45, 7) is 4.31. The standard InChI is InChI=1S/C28H32F4N4O6/c1-27(2,3)42-26(38)35-14-13-34(16-18(35)15-33(4)25(37)28(30,31)32)24-20(36(39)40)11-12-22(23(24)17-9-10-17)41-21-8-6-5-7-19(21)29/h5-8,11-12,17-18H,9-10,13-16H2,1-4H3/t18-/m0/s1. The van der Waals surface area contributed by atoms with Gasteiger partial charge in [-0.2, -0.15) is 13.2 Å². The van der Waals surface area contributed by atoms with E-state index >= 15 is 0 Å². The molecule has 0 bridgehead atoms. The number of nitro benzene ring substituents is 1. The predicted octanol–water partition coefficient (Wildman–Crippen LogP) is 5.85. The molecule has 1 aliphatic carbocycles. The minimum Gasteiger partial charge on any atom is -0.454 e. The minimum absolute atomic E-state index is 0.0483. The van der Waals surface area contributed by atoms with E-state index in [1.807, 2.05) is 0 Å². The first-order valence-corrected chi connectivity index (χ1v) is 13.4. The Balaban J connectivity index is 1.74. The number of carbonyl (C=O) groups excluding carboxylic acids is 2. The number of anilines is 1. The summed E-state index contributed by atoms with van der Waals surface area (Å²) in [5.41, 5.74) is -0.489. The van der Waals surface area contributed by atoms with Crippen molar-refractivity contribution in [2.45, 2.75) is 57.3 Å². The van der Waals surface area contributed by atoms with Gasteiger partial charge in [-0.1, -0.05) is 12.1 Å². The lowest BCUT2D eigenvalue weighted by Gasteiger charge is -2.44. The van der Waals surface area contributed by atoms with Gasteiger partial charge in [-0.3, -0.25) is 19.8 Å². The van der Waals surface area contributed by atoms with E-state index in [2.05, 4.69) is 0 Å². The summed E-state index contributed by atoms with van der Waals surface area (Å²) in [6, 6.07) is 7.37. The number of alkyl halides is 3. The first kappa shape index (κ1) is 30.8. The fourth-order valence-electron chi connectivity index (χ4n) is 4.95. The molecule has 42 heavy (non-hydrogen) atoms. The first-order valence-electron chi connectivity index (χ1n) is 13.4. The molecular formula is C28H32F4N4O6. The Kier molecular flexibility index (Phi) is 8.55. The number of para-hydroxylation sites is 1. The molecular weight excluding hydrogens is 564 g/mol. The van der Waals surface area contributed by atoms with Crippen LogP contribution in [0.25, 0.3) is 0 Å². The maximum absolute atomic E-state index is 14.4. The maximum Gasteiger partial charge on any atom is 0.471 e.